The number of H-pyrrole nitrogens is 1. The quantitative estimate of drug-likeness (QED) is 0.452. The van der Waals surface area contributed by atoms with Crippen LogP contribution >= 0.6 is 11.3 Å². The van der Waals surface area contributed by atoms with E-state index in [2.05, 4.69) is 27.4 Å². The normalized spacial score (nSPS) is 10.5. The van der Waals surface area contributed by atoms with E-state index in [0.717, 1.165) is 43.0 Å². The van der Waals surface area contributed by atoms with Gasteiger partial charge in [0.2, 0.25) is 5.13 Å². The van der Waals surface area contributed by atoms with Crippen LogP contribution in [0.4, 0.5) is 10.8 Å². The molecule has 0 spiro atoms. The summed E-state index contributed by atoms with van der Waals surface area (Å²) in [5, 5.41) is 22.0. The van der Waals surface area contributed by atoms with Gasteiger partial charge in [0, 0.05) is 12.5 Å². The lowest BCUT2D eigenvalue weighted by atomic mass is 10.2. The average molecular weight is 337 g/mol. The first-order chi connectivity index (χ1) is 11.0. The standard InChI is InChI=1S/C13H15N5O4S/c1-2-3-4-5-10-16-17-13(23-10)15-12(20)9-6-8(18(21)22)7-14-11(9)19/h6-7H,2-5H2,1H3,(H,14,19)(H,15,17,20). The zero-order chi connectivity index (χ0) is 16.8. The second-order valence-corrected chi connectivity index (χ2v) is 5.83. The largest absolute Gasteiger partial charge is 0.322 e. The fourth-order valence-corrected chi connectivity index (χ4v) is 2.62. The first-order valence-electron chi connectivity index (χ1n) is 7.02. The summed E-state index contributed by atoms with van der Waals surface area (Å²) in [5.74, 6) is -0.758. The van der Waals surface area contributed by atoms with Crippen molar-refractivity contribution in [2.75, 3.05) is 5.32 Å². The Kier molecular flexibility index (Phi) is 5.52. The van der Waals surface area contributed by atoms with Gasteiger partial charge in [0.15, 0.2) is 0 Å². The number of aromatic amines is 1. The maximum Gasteiger partial charge on any atom is 0.286 e. The van der Waals surface area contributed by atoms with Gasteiger partial charge >= 0.3 is 0 Å². The minimum absolute atomic E-state index is 0.257. The van der Waals surface area contributed by atoms with Crippen molar-refractivity contribution >= 4 is 28.1 Å². The third kappa shape index (κ3) is 4.42. The van der Waals surface area contributed by atoms with Gasteiger partial charge in [0.05, 0.1) is 11.1 Å². The monoisotopic (exact) mass is 337 g/mol. The molecule has 2 aromatic rings. The molecule has 2 N–H and O–H groups in total. The van der Waals surface area contributed by atoms with Crippen molar-refractivity contribution in [3.05, 3.63) is 43.3 Å². The van der Waals surface area contributed by atoms with E-state index in [4.69, 9.17) is 0 Å². The SMILES string of the molecule is CCCCCc1nnc(NC(=O)c2cc([N+](=O)[O-])c[nH]c2=O)s1. The Labute approximate surface area is 134 Å². The number of rotatable bonds is 7. The van der Waals surface area contributed by atoms with E-state index in [-0.39, 0.29) is 16.4 Å². The lowest BCUT2D eigenvalue weighted by Crippen LogP contribution is -2.23. The van der Waals surface area contributed by atoms with Crippen molar-refractivity contribution in [3.8, 4) is 0 Å². The van der Waals surface area contributed by atoms with E-state index in [1.807, 2.05) is 0 Å². The molecule has 0 aromatic carbocycles. The van der Waals surface area contributed by atoms with Gasteiger partial charge in [0.25, 0.3) is 17.2 Å². The highest BCUT2D eigenvalue weighted by molar-refractivity contribution is 7.15. The molecule has 2 rings (SSSR count). The van der Waals surface area contributed by atoms with Crippen molar-refractivity contribution in [2.45, 2.75) is 32.6 Å². The Morgan fingerprint density at radius 3 is 2.91 bits per heavy atom. The van der Waals surface area contributed by atoms with Crippen LogP contribution in [-0.4, -0.2) is 26.0 Å². The second kappa shape index (κ2) is 7.58. The van der Waals surface area contributed by atoms with Crippen molar-refractivity contribution in [1.29, 1.82) is 0 Å². The van der Waals surface area contributed by atoms with Crippen molar-refractivity contribution < 1.29 is 9.72 Å². The van der Waals surface area contributed by atoms with Crippen LogP contribution in [0.25, 0.3) is 0 Å². The lowest BCUT2D eigenvalue weighted by Gasteiger charge is -2.00. The molecule has 0 atom stereocenters. The summed E-state index contributed by atoms with van der Waals surface area (Å²) in [7, 11) is 0. The highest BCUT2D eigenvalue weighted by atomic mass is 32.1. The molecule has 0 bridgehead atoms. The third-order valence-electron chi connectivity index (χ3n) is 3.02. The molecule has 2 aromatic heterocycles. The predicted octanol–water partition coefficient (Wildman–Crippen LogP) is 2.12. The van der Waals surface area contributed by atoms with E-state index < -0.39 is 16.4 Å². The van der Waals surface area contributed by atoms with Gasteiger partial charge in [-0.15, -0.1) is 10.2 Å². The number of hydrogen-bond donors (Lipinski definition) is 2. The van der Waals surface area contributed by atoms with Gasteiger partial charge < -0.3 is 4.98 Å². The molecular formula is C13H15N5O4S. The van der Waals surface area contributed by atoms with Crippen LogP contribution in [0.15, 0.2) is 17.1 Å². The molecule has 122 valence electrons. The molecule has 10 heteroatoms. The first-order valence-corrected chi connectivity index (χ1v) is 7.83. The third-order valence-corrected chi connectivity index (χ3v) is 3.92. The summed E-state index contributed by atoms with van der Waals surface area (Å²) in [6, 6.07) is 0.928. The fourth-order valence-electron chi connectivity index (χ4n) is 1.84. The number of hydrogen-bond acceptors (Lipinski definition) is 7. The number of aryl methyl sites for hydroxylation is 1. The van der Waals surface area contributed by atoms with Gasteiger partial charge in [0.1, 0.15) is 10.6 Å². The van der Waals surface area contributed by atoms with Crippen molar-refractivity contribution in [2.24, 2.45) is 0 Å². The van der Waals surface area contributed by atoms with Crippen LogP contribution in [0.2, 0.25) is 0 Å². The Morgan fingerprint density at radius 2 is 2.22 bits per heavy atom. The Morgan fingerprint density at radius 1 is 1.43 bits per heavy atom. The molecule has 9 nitrogen and oxygen atoms in total. The molecule has 0 aliphatic rings. The molecule has 0 saturated carbocycles. The minimum Gasteiger partial charge on any atom is -0.322 e. The molecule has 0 saturated heterocycles. The topological polar surface area (TPSA) is 131 Å². The highest BCUT2D eigenvalue weighted by Crippen LogP contribution is 2.18. The molecule has 2 heterocycles. The number of amides is 1. The van der Waals surface area contributed by atoms with E-state index in [1.54, 1.807) is 0 Å². The maximum absolute atomic E-state index is 12.1. The number of carbonyl (C=O) groups excluding carboxylic acids is 1. The zero-order valence-electron chi connectivity index (χ0n) is 12.4. The molecular weight excluding hydrogens is 322 g/mol. The van der Waals surface area contributed by atoms with Gasteiger partial charge in [-0.25, -0.2) is 0 Å². The van der Waals surface area contributed by atoms with Crippen molar-refractivity contribution in [3.63, 3.8) is 0 Å². The highest BCUT2D eigenvalue weighted by Gasteiger charge is 2.17. The average Bonchev–Trinajstić information content (AvgIpc) is 2.95. The Hall–Kier alpha value is -2.62. The molecule has 0 aliphatic carbocycles. The summed E-state index contributed by atoms with van der Waals surface area (Å²) in [6.07, 6.45) is 4.89. The summed E-state index contributed by atoms with van der Waals surface area (Å²) in [6.45, 7) is 2.10. The molecule has 0 unspecified atom stereocenters. The smallest absolute Gasteiger partial charge is 0.286 e. The summed E-state index contributed by atoms with van der Waals surface area (Å²) < 4.78 is 0. The van der Waals surface area contributed by atoms with Crippen LogP contribution in [0.1, 0.15) is 41.6 Å². The first kappa shape index (κ1) is 16.7. The fraction of sp³-hybridized carbons (Fsp3) is 0.385. The van der Waals surface area contributed by atoms with Crippen LogP contribution < -0.4 is 10.9 Å². The molecule has 0 aliphatic heterocycles. The molecule has 0 radical (unpaired) electrons. The van der Waals surface area contributed by atoms with E-state index in [0.29, 0.717) is 0 Å². The Balaban J connectivity index is 2.09. The number of nitrogens with zero attached hydrogens (tertiary/aromatic N) is 3. The van der Waals surface area contributed by atoms with E-state index in [9.17, 15) is 19.7 Å². The van der Waals surface area contributed by atoms with E-state index in [1.165, 1.54) is 11.3 Å². The van der Waals surface area contributed by atoms with Gasteiger partial charge in [-0.1, -0.05) is 31.1 Å². The van der Waals surface area contributed by atoms with Crippen LogP contribution in [0.5, 0.6) is 0 Å². The minimum atomic E-state index is -0.758. The summed E-state index contributed by atoms with van der Waals surface area (Å²) >= 11 is 1.22. The predicted molar refractivity (Wildman–Crippen MR) is 84.8 cm³/mol. The number of nitro groups is 1. The number of aromatic nitrogens is 3. The molecule has 0 fully saturated rings. The molecule has 1 amide bonds. The number of pyridine rings is 1. The molecule has 23 heavy (non-hydrogen) atoms. The van der Waals surface area contributed by atoms with Crippen LogP contribution in [0, 0.1) is 10.1 Å². The van der Waals surface area contributed by atoms with Crippen LogP contribution in [0.3, 0.4) is 0 Å². The maximum atomic E-state index is 12.1. The number of unbranched alkanes of at least 4 members (excludes halogenated alkanes) is 2. The zero-order valence-corrected chi connectivity index (χ0v) is 13.2. The second-order valence-electron chi connectivity index (χ2n) is 4.77. The van der Waals surface area contributed by atoms with Crippen molar-refractivity contribution in [1.82, 2.24) is 15.2 Å². The van der Waals surface area contributed by atoms with Gasteiger partial charge in [-0.2, -0.15) is 0 Å². The Bertz CT molecular complexity index is 770. The summed E-state index contributed by atoms with van der Waals surface area (Å²) in [4.78, 5) is 35.9. The summed E-state index contributed by atoms with van der Waals surface area (Å²) in [5.41, 5.74) is -1.42. The van der Waals surface area contributed by atoms with Crippen LogP contribution in [-0.2, 0) is 6.42 Å². The number of nitrogens with one attached hydrogen (secondary N) is 2. The number of anilines is 1. The van der Waals surface area contributed by atoms with E-state index >= 15 is 0 Å². The van der Waals surface area contributed by atoms with Gasteiger partial charge in [-0.05, 0) is 6.42 Å². The van der Waals surface area contributed by atoms with Gasteiger partial charge in [-0.3, -0.25) is 25.0 Å². The number of carbonyl (C=O) groups is 1. The lowest BCUT2D eigenvalue weighted by molar-refractivity contribution is -0.385.